The van der Waals surface area contributed by atoms with Gasteiger partial charge >= 0.3 is 0 Å². The first-order chi connectivity index (χ1) is 14.4. The van der Waals surface area contributed by atoms with Gasteiger partial charge in [0, 0.05) is 38.0 Å². The minimum absolute atomic E-state index is 0.000607. The molecule has 0 spiro atoms. The highest BCUT2D eigenvalue weighted by Crippen LogP contribution is 2.27. The third-order valence-corrected chi connectivity index (χ3v) is 5.30. The lowest BCUT2D eigenvalue weighted by atomic mass is 9.91. The molecule has 1 unspecified atom stereocenters. The van der Waals surface area contributed by atoms with Crippen LogP contribution in [0.4, 0.5) is 4.39 Å². The molecule has 2 N–H and O–H groups in total. The van der Waals surface area contributed by atoms with Crippen LogP contribution in [0.25, 0.3) is 0 Å². The van der Waals surface area contributed by atoms with Crippen molar-refractivity contribution in [3.63, 3.8) is 0 Å². The van der Waals surface area contributed by atoms with Gasteiger partial charge in [-0.25, -0.2) is 4.39 Å². The molecule has 0 aliphatic carbocycles. The van der Waals surface area contributed by atoms with Crippen LogP contribution >= 0.6 is 11.6 Å². The van der Waals surface area contributed by atoms with E-state index in [-0.39, 0.29) is 42.7 Å². The number of carbonyl (C=O) groups is 2. The second-order valence-corrected chi connectivity index (χ2v) is 7.67. The van der Waals surface area contributed by atoms with Crippen molar-refractivity contribution in [3.05, 3.63) is 64.9 Å². The minimum atomic E-state index is -0.836. The lowest BCUT2D eigenvalue weighted by Crippen LogP contribution is -2.48. The number of likely N-dealkylation sites (tertiary alicyclic amines) is 1. The van der Waals surface area contributed by atoms with Crippen molar-refractivity contribution >= 4 is 23.4 Å². The molecule has 160 valence electrons. The van der Waals surface area contributed by atoms with E-state index in [9.17, 15) is 19.1 Å². The number of carbonyl (C=O) groups excluding carboxylic acids is 2. The minimum Gasteiger partial charge on any atom is -0.484 e. The monoisotopic (exact) mass is 434 g/mol. The number of rotatable bonds is 9. The van der Waals surface area contributed by atoms with Crippen LogP contribution in [-0.2, 0) is 9.59 Å². The molecule has 3 rings (SSSR count). The lowest BCUT2D eigenvalue weighted by molar-refractivity contribution is -0.136. The quantitative estimate of drug-likeness (QED) is 0.636. The molecule has 1 aliphatic heterocycles. The van der Waals surface area contributed by atoms with E-state index in [2.05, 4.69) is 17.4 Å². The summed E-state index contributed by atoms with van der Waals surface area (Å²) < 4.78 is 18.5. The summed E-state index contributed by atoms with van der Waals surface area (Å²) in [7, 11) is 0. The second-order valence-electron chi connectivity index (χ2n) is 7.27. The molecule has 0 saturated carbocycles. The molecule has 1 saturated heterocycles. The Morgan fingerprint density at radius 2 is 1.97 bits per heavy atom. The molecule has 0 aromatic heterocycles. The summed E-state index contributed by atoms with van der Waals surface area (Å²) in [5.74, 6) is -0.535. The number of aliphatic hydroxyl groups is 1. The van der Waals surface area contributed by atoms with Crippen molar-refractivity contribution in [2.75, 3.05) is 26.2 Å². The first-order valence-electron chi connectivity index (χ1n) is 9.77. The Morgan fingerprint density at radius 1 is 1.23 bits per heavy atom. The fraction of sp³-hybridized carbons (Fsp3) is 0.364. The molecule has 2 amide bonds. The predicted molar refractivity (Wildman–Crippen MR) is 111 cm³/mol. The summed E-state index contributed by atoms with van der Waals surface area (Å²) in [4.78, 5) is 25.8. The van der Waals surface area contributed by atoms with Crippen LogP contribution in [0.5, 0.6) is 5.75 Å². The zero-order valence-electron chi connectivity index (χ0n) is 16.4. The van der Waals surface area contributed by atoms with Crippen LogP contribution in [0, 0.1) is 5.82 Å². The molecule has 1 atom stereocenters. The van der Waals surface area contributed by atoms with Crippen LogP contribution in [0.3, 0.4) is 0 Å². The summed E-state index contributed by atoms with van der Waals surface area (Å²) in [5.41, 5.74) is 1.23. The molecule has 6 nitrogen and oxygen atoms in total. The molecular weight excluding hydrogens is 411 g/mol. The number of benzene rings is 2. The summed E-state index contributed by atoms with van der Waals surface area (Å²) >= 11 is 5.58. The number of ether oxygens (including phenoxy) is 1. The molecule has 0 radical (unpaired) electrons. The fourth-order valence-electron chi connectivity index (χ4n) is 3.17. The Hall–Kier alpha value is -2.64. The molecule has 1 fully saturated rings. The van der Waals surface area contributed by atoms with E-state index in [0.29, 0.717) is 19.0 Å². The van der Waals surface area contributed by atoms with Gasteiger partial charge in [-0.2, -0.15) is 0 Å². The van der Waals surface area contributed by atoms with E-state index < -0.39 is 17.8 Å². The predicted octanol–water partition coefficient (Wildman–Crippen LogP) is 2.74. The van der Waals surface area contributed by atoms with Crippen LogP contribution in [0.2, 0.25) is 5.02 Å². The number of nitrogens with one attached hydrogen (secondary N) is 1. The molecular formula is C22H24ClFN2O4. The average molecular weight is 435 g/mol. The van der Waals surface area contributed by atoms with Gasteiger partial charge in [0.1, 0.15) is 11.6 Å². The second kappa shape index (κ2) is 10.4. The van der Waals surface area contributed by atoms with E-state index in [1.54, 1.807) is 4.90 Å². The molecule has 2 aromatic rings. The zero-order valence-corrected chi connectivity index (χ0v) is 17.1. The Bertz CT molecular complexity index is 875. The van der Waals surface area contributed by atoms with Gasteiger partial charge in [0.25, 0.3) is 5.91 Å². The van der Waals surface area contributed by atoms with Gasteiger partial charge in [-0.1, -0.05) is 41.9 Å². The number of hydrogen-bond acceptors (Lipinski definition) is 4. The summed E-state index contributed by atoms with van der Waals surface area (Å²) in [6.07, 6.45) is -0.356. The third kappa shape index (κ3) is 6.18. The number of nitrogens with zero attached hydrogens (tertiary/aromatic N) is 1. The average Bonchev–Trinajstić information content (AvgIpc) is 2.71. The standard InChI is InChI=1S/C22H24ClFN2O4/c23-19-8-7-18(10-20(19)24)30-14-21(28)25-11-17(27)6-9-22(29)26-12-16(13-26)15-4-2-1-3-5-15/h1-5,7-8,10,16-17,27H,6,9,11-14H2,(H,25,28). The maximum atomic E-state index is 13.3. The van der Waals surface area contributed by atoms with Gasteiger partial charge < -0.3 is 20.1 Å². The van der Waals surface area contributed by atoms with Crippen LogP contribution in [0.1, 0.15) is 24.3 Å². The Labute approximate surface area is 179 Å². The van der Waals surface area contributed by atoms with Gasteiger partial charge in [-0.3, -0.25) is 9.59 Å². The number of amides is 2. The van der Waals surface area contributed by atoms with Crippen LogP contribution in [0.15, 0.2) is 48.5 Å². The Kier molecular flexibility index (Phi) is 7.65. The van der Waals surface area contributed by atoms with E-state index in [0.717, 1.165) is 6.07 Å². The number of hydrogen-bond donors (Lipinski definition) is 2. The van der Waals surface area contributed by atoms with Crippen molar-refractivity contribution < 1.29 is 23.8 Å². The van der Waals surface area contributed by atoms with Crippen molar-refractivity contribution in [2.24, 2.45) is 0 Å². The lowest BCUT2D eigenvalue weighted by Gasteiger charge is -2.39. The Balaban J connectivity index is 1.29. The SMILES string of the molecule is O=C(COc1ccc(Cl)c(F)c1)NCC(O)CCC(=O)N1CC(c2ccccc2)C1. The summed E-state index contributed by atoms with van der Waals surface area (Å²) in [6, 6.07) is 14.0. The van der Waals surface area contributed by atoms with Crippen LogP contribution in [-0.4, -0.2) is 54.2 Å². The molecule has 0 bridgehead atoms. The van der Waals surface area contributed by atoms with E-state index in [4.69, 9.17) is 16.3 Å². The smallest absolute Gasteiger partial charge is 0.258 e. The normalized spacial score (nSPS) is 14.7. The molecule has 8 heteroatoms. The molecule has 2 aromatic carbocycles. The van der Waals surface area contributed by atoms with Crippen molar-refractivity contribution in [3.8, 4) is 5.75 Å². The highest BCUT2D eigenvalue weighted by atomic mass is 35.5. The zero-order chi connectivity index (χ0) is 21.5. The van der Waals surface area contributed by atoms with E-state index >= 15 is 0 Å². The third-order valence-electron chi connectivity index (χ3n) is 4.99. The maximum Gasteiger partial charge on any atom is 0.258 e. The number of halogens is 2. The maximum absolute atomic E-state index is 13.3. The highest BCUT2D eigenvalue weighted by Gasteiger charge is 2.31. The summed E-state index contributed by atoms with van der Waals surface area (Å²) in [6.45, 7) is 1.08. The largest absolute Gasteiger partial charge is 0.484 e. The van der Waals surface area contributed by atoms with E-state index in [1.165, 1.54) is 17.7 Å². The van der Waals surface area contributed by atoms with Gasteiger partial charge in [0.2, 0.25) is 5.91 Å². The van der Waals surface area contributed by atoms with Crippen molar-refractivity contribution in [2.45, 2.75) is 24.9 Å². The Morgan fingerprint density at radius 3 is 2.67 bits per heavy atom. The van der Waals surface area contributed by atoms with Gasteiger partial charge in [0.15, 0.2) is 6.61 Å². The fourth-order valence-corrected chi connectivity index (χ4v) is 3.28. The molecule has 1 aliphatic rings. The van der Waals surface area contributed by atoms with Crippen molar-refractivity contribution in [1.82, 2.24) is 10.2 Å². The first kappa shape index (κ1) is 22.1. The summed E-state index contributed by atoms with van der Waals surface area (Å²) in [5, 5.41) is 12.5. The van der Waals surface area contributed by atoms with Gasteiger partial charge in [-0.15, -0.1) is 0 Å². The van der Waals surface area contributed by atoms with Crippen molar-refractivity contribution in [1.29, 1.82) is 0 Å². The van der Waals surface area contributed by atoms with Gasteiger partial charge in [-0.05, 0) is 24.1 Å². The highest BCUT2D eigenvalue weighted by molar-refractivity contribution is 6.30. The topological polar surface area (TPSA) is 78.9 Å². The number of aliphatic hydroxyl groups excluding tert-OH is 1. The molecule has 30 heavy (non-hydrogen) atoms. The van der Waals surface area contributed by atoms with Crippen LogP contribution < -0.4 is 10.1 Å². The van der Waals surface area contributed by atoms with E-state index in [1.807, 2.05) is 18.2 Å². The molecule has 1 heterocycles. The van der Waals surface area contributed by atoms with Gasteiger partial charge in [0.05, 0.1) is 11.1 Å². The first-order valence-corrected chi connectivity index (χ1v) is 10.2.